The van der Waals surface area contributed by atoms with Crippen molar-refractivity contribution in [2.24, 2.45) is 0 Å². The highest BCUT2D eigenvalue weighted by Gasteiger charge is 2.33. The van der Waals surface area contributed by atoms with E-state index in [0.29, 0.717) is 5.56 Å². The van der Waals surface area contributed by atoms with Gasteiger partial charge in [-0.25, -0.2) is 0 Å². The summed E-state index contributed by atoms with van der Waals surface area (Å²) < 4.78 is 37.3. The van der Waals surface area contributed by atoms with Crippen LogP contribution in [-0.4, -0.2) is 40.5 Å². The molecule has 0 saturated heterocycles. The van der Waals surface area contributed by atoms with Gasteiger partial charge in [0, 0.05) is 17.4 Å². The van der Waals surface area contributed by atoms with Gasteiger partial charge < -0.3 is 10.0 Å². The van der Waals surface area contributed by atoms with Crippen LogP contribution in [0.4, 0.5) is 13.2 Å². The minimum absolute atomic E-state index is 0.0306. The molecule has 0 atom stereocenters. The number of aryl methyl sites for hydroxylation is 1. The van der Waals surface area contributed by atoms with Crippen LogP contribution in [0.25, 0.3) is 0 Å². The van der Waals surface area contributed by atoms with Crippen LogP contribution >= 0.6 is 15.9 Å². The summed E-state index contributed by atoms with van der Waals surface area (Å²) in [6.07, 6.45) is -4.44. The molecule has 1 aromatic carbocycles. The Kier molecular flexibility index (Phi) is 5.22. The highest BCUT2D eigenvalue weighted by atomic mass is 79.9. The van der Waals surface area contributed by atoms with Gasteiger partial charge in [-0.15, -0.1) is 0 Å². The summed E-state index contributed by atoms with van der Waals surface area (Å²) in [6, 6.07) is 3.94. The highest BCUT2D eigenvalue weighted by molar-refractivity contribution is 9.09. The first kappa shape index (κ1) is 15.8. The molecule has 106 valence electrons. The lowest BCUT2D eigenvalue weighted by Gasteiger charge is -2.23. The monoisotopic (exact) mass is 339 g/mol. The second-order valence-electron chi connectivity index (χ2n) is 4.03. The average molecular weight is 340 g/mol. The van der Waals surface area contributed by atoms with Gasteiger partial charge in [-0.3, -0.25) is 4.79 Å². The maximum absolute atomic E-state index is 12.4. The van der Waals surface area contributed by atoms with Gasteiger partial charge in [0.1, 0.15) is 12.3 Å². The molecule has 3 nitrogen and oxygen atoms in total. The molecule has 0 fully saturated rings. The third-order valence-corrected chi connectivity index (χ3v) is 2.81. The van der Waals surface area contributed by atoms with Crippen molar-refractivity contribution in [2.75, 3.05) is 18.4 Å². The van der Waals surface area contributed by atoms with Crippen molar-refractivity contribution in [3.05, 3.63) is 29.3 Å². The number of carbonyl (C=O) groups is 1. The fourth-order valence-electron chi connectivity index (χ4n) is 1.63. The lowest BCUT2D eigenvalue weighted by molar-refractivity contribution is -0.140. The zero-order valence-electron chi connectivity index (χ0n) is 10.2. The number of benzene rings is 1. The number of hydrogen-bond acceptors (Lipinski definition) is 2. The molecule has 1 N–H and O–H groups in total. The van der Waals surface area contributed by atoms with E-state index in [-0.39, 0.29) is 23.2 Å². The number of rotatable bonds is 4. The van der Waals surface area contributed by atoms with Crippen molar-refractivity contribution < 1.29 is 23.1 Å². The average Bonchev–Trinajstić information content (AvgIpc) is 2.26. The number of aromatic hydroxyl groups is 1. The standard InChI is InChI=1S/C12H13BrF3NO2/c1-8-6-9(18)2-3-10(8)11(19)17(5-4-13)7-12(14,15)16/h2-3,6,18H,4-5,7H2,1H3. The molecule has 19 heavy (non-hydrogen) atoms. The molecule has 0 spiro atoms. The molecule has 1 rings (SSSR count). The number of carbonyl (C=O) groups excluding carboxylic acids is 1. The molecule has 0 unspecified atom stereocenters. The summed E-state index contributed by atoms with van der Waals surface area (Å²) in [5.41, 5.74) is 0.592. The van der Waals surface area contributed by atoms with Crippen LogP contribution in [0.15, 0.2) is 18.2 Å². The van der Waals surface area contributed by atoms with Crippen molar-refractivity contribution in [3.8, 4) is 5.75 Å². The Morgan fingerprint density at radius 2 is 2.05 bits per heavy atom. The molecular weight excluding hydrogens is 327 g/mol. The first-order valence-electron chi connectivity index (χ1n) is 5.46. The Morgan fingerprint density at radius 3 is 2.53 bits per heavy atom. The first-order chi connectivity index (χ1) is 8.74. The largest absolute Gasteiger partial charge is 0.508 e. The molecule has 0 aliphatic carbocycles. The molecule has 7 heteroatoms. The van der Waals surface area contributed by atoms with Crippen LogP contribution in [-0.2, 0) is 0 Å². The third kappa shape index (κ3) is 4.74. The van der Waals surface area contributed by atoms with Crippen molar-refractivity contribution in [3.63, 3.8) is 0 Å². The number of hydrogen-bond donors (Lipinski definition) is 1. The molecule has 0 saturated carbocycles. The van der Waals surface area contributed by atoms with E-state index in [0.717, 1.165) is 4.90 Å². The predicted molar refractivity (Wildman–Crippen MR) is 68.6 cm³/mol. The summed E-state index contributed by atoms with van der Waals surface area (Å²) in [7, 11) is 0. The summed E-state index contributed by atoms with van der Waals surface area (Å²) in [6.45, 7) is 0.225. The van der Waals surface area contributed by atoms with Crippen LogP contribution in [0.2, 0.25) is 0 Å². The predicted octanol–water partition coefficient (Wildman–Crippen LogP) is 3.10. The van der Waals surface area contributed by atoms with E-state index in [1.165, 1.54) is 18.2 Å². The minimum Gasteiger partial charge on any atom is -0.508 e. The maximum atomic E-state index is 12.4. The Bertz CT molecular complexity index is 463. The van der Waals surface area contributed by atoms with E-state index in [1.807, 2.05) is 0 Å². The lowest BCUT2D eigenvalue weighted by Crippen LogP contribution is -2.40. The van der Waals surface area contributed by atoms with E-state index < -0.39 is 18.6 Å². The highest BCUT2D eigenvalue weighted by Crippen LogP contribution is 2.21. The normalized spacial score (nSPS) is 11.4. The smallest absolute Gasteiger partial charge is 0.406 e. The SMILES string of the molecule is Cc1cc(O)ccc1C(=O)N(CCBr)CC(F)(F)F. The Labute approximate surface area is 117 Å². The molecular formula is C12H13BrF3NO2. The molecule has 0 aliphatic heterocycles. The Morgan fingerprint density at radius 1 is 1.42 bits per heavy atom. The van der Waals surface area contributed by atoms with Gasteiger partial charge in [0.05, 0.1) is 0 Å². The molecule has 1 amide bonds. The van der Waals surface area contributed by atoms with E-state index in [4.69, 9.17) is 0 Å². The second-order valence-corrected chi connectivity index (χ2v) is 4.82. The van der Waals surface area contributed by atoms with Crippen LogP contribution < -0.4 is 0 Å². The van der Waals surface area contributed by atoms with Gasteiger partial charge >= 0.3 is 6.18 Å². The van der Waals surface area contributed by atoms with Crippen LogP contribution in [0.5, 0.6) is 5.75 Å². The van der Waals surface area contributed by atoms with Gasteiger partial charge in [0.15, 0.2) is 0 Å². The van der Waals surface area contributed by atoms with Crippen molar-refractivity contribution in [2.45, 2.75) is 13.1 Å². The molecule has 0 bridgehead atoms. The zero-order chi connectivity index (χ0) is 14.6. The van der Waals surface area contributed by atoms with E-state index in [1.54, 1.807) is 6.92 Å². The number of phenolic OH excluding ortho intramolecular Hbond substituents is 1. The Hall–Kier alpha value is -1.24. The molecule has 1 aromatic rings. The number of alkyl halides is 4. The van der Waals surface area contributed by atoms with Gasteiger partial charge in [0.2, 0.25) is 0 Å². The quantitative estimate of drug-likeness (QED) is 0.856. The van der Waals surface area contributed by atoms with Crippen molar-refractivity contribution in [1.29, 1.82) is 0 Å². The van der Waals surface area contributed by atoms with Crippen LogP contribution in [0.1, 0.15) is 15.9 Å². The van der Waals surface area contributed by atoms with E-state index in [2.05, 4.69) is 15.9 Å². The minimum atomic E-state index is -4.44. The summed E-state index contributed by atoms with van der Waals surface area (Å²) >= 11 is 3.03. The van der Waals surface area contributed by atoms with Gasteiger partial charge in [-0.05, 0) is 30.7 Å². The van der Waals surface area contributed by atoms with E-state index in [9.17, 15) is 23.1 Å². The lowest BCUT2D eigenvalue weighted by atomic mass is 10.1. The van der Waals surface area contributed by atoms with Crippen LogP contribution in [0.3, 0.4) is 0 Å². The first-order valence-corrected chi connectivity index (χ1v) is 6.58. The molecule has 0 heterocycles. The Balaban J connectivity index is 2.99. The second kappa shape index (κ2) is 6.27. The zero-order valence-corrected chi connectivity index (χ0v) is 11.8. The molecule has 0 aromatic heterocycles. The van der Waals surface area contributed by atoms with Crippen molar-refractivity contribution in [1.82, 2.24) is 4.90 Å². The van der Waals surface area contributed by atoms with Crippen LogP contribution in [0, 0.1) is 6.92 Å². The summed E-state index contributed by atoms with van der Waals surface area (Å²) in [4.78, 5) is 12.8. The molecule has 0 aliphatic rings. The molecule has 0 radical (unpaired) electrons. The van der Waals surface area contributed by atoms with E-state index >= 15 is 0 Å². The van der Waals surface area contributed by atoms with Crippen molar-refractivity contribution >= 4 is 21.8 Å². The number of nitrogens with zero attached hydrogens (tertiary/aromatic N) is 1. The topological polar surface area (TPSA) is 40.5 Å². The number of halogens is 4. The maximum Gasteiger partial charge on any atom is 0.406 e. The fourth-order valence-corrected chi connectivity index (χ4v) is 2.06. The van der Waals surface area contributed by atoms with Gasteiger partial charge in [0.25, 0.3) is 5.91 Å². The summed E-state index contributed by atoms with van der Waals surface area (Å²) in [5, 5.41) is 9.49. The third-order valence-electron chi connectivity index (χ3n) is 2.45. The fraction of sp³-hybridized carbons (Fsp3) is 0.417. The summed E-state index contributed by atoms with van der Waals surface area (Å²) in [5.74, 6) is -0.730. The van der Waals surface area contributed by atoms with Gasteiger partial charge in [-0.2, -0.15) is 13.2 Å². The number of phenols is 1. The van der Waals surface area contributed by atoms with Gasteiger partial charge in [-0.1, -0.05) is 15.9 Å². The number of amides is 1.